The van der Waals surface area contributed by atoms with Crippen molar-refractivity contribution in [2.75, 3.05) is 25.0 Å². The molecule has 5 nitrogen and oxygen atoms in total. The van der Waals surface area contributed by atoms with Gasteiger partial charge in [0, 0.05) is 13.1 Å². The topological polar surface area (TPSA) is 58.6 Å². The van der Waals surface area contributed by atoms with Gasteiger partial charge in [0.2, 0.25) is 0 Å². The fraction of sp³-hybridized carbons (Fsp3) is 0.222. The van der Waals surface area contributed by atoms with Gasteiger partial charge in [-0.25, -0.2) is 4.39 Å². The Morgan fingerprint density at radius 1 is 1.08 bits per heavy atom. The van der Waals surface area contributed by atoms with Gasteiger partial charge in [-0.1, -0.05) is 24.3 Å². The van der Waals surface area contributed by atoms with E-state index in [0.717, 1.165) is 19.5 Å². The summed E-state index contributed by atoms with van der Waals surface area (Å²) in [7, 11) is 0. The molecule has 0 unspecified atom stereocenters. The van der Waals surface area contributed by atoms with Crippen molar-refractivity contribution in [3.05, 3.63) is 59.9 Å². The highest BCUT2D eigenvalue weighted by atomic mass is 19.1. The lowest BCUT2D eigenvalue weighted by molar-refractivity contribution is -0.118. The van der Waals surface area contributed by atoms with Gasteiger partial charge >= 0.3 is 0 Å². The maximum Gasteiger partial charge on any atom is 0.262 e. The van der Waals surface area contributed by atoms with E-state index in [1.807, 2.05) is 0 Å². The summed E-state index contributed by atoms with van der Waals surface area (Å²) >= 11 is 0. The van der Waals surface area contributed by atoms with Crippen molar-refractivity contribution in [3.8, 4) is 5.75 Å². The summed E-state index contributed by atoms with van der Waals surface area (Å²) in [5.41, 5.74) is 0.520. The van der Waals surface area contributed by atoms with E-state index in [4.69, 9.17) is 4.74 Å². The number of carbonyl (C=O) groups excluding carboxylic acids is 2. The van der Waals surface area contributed by atoms with Gasteiger partial charge in [-0.3, -0.25) is 9.59 Å². The van der Waals surface area contributed by atoms with Crippen LogP contribution in [0.4, 0.5) is 10.1 Å². The Kier molecular flexibility index (Phi) is 4.74. The molecular formula is C18H17FN2O3. The van der Waals surface area contributed by atoms with Gasteiger partial charge < -0.3 is 15.0 Å². The first-order valence-corrected chi connectivity index (χ1v) is 7.70. The predicted molar refractivity (Wildman–Crippen MR) is 87.5 cm³/mol. The number of hydrogen-bond donors (Lipinski definition) is 1. The SMILES string of the molecule is O=C(COc1ccccc1C(=O)N1CCC1)Nc1ccccc1F. The Hall–Kier alpha value is -2.89. The molecule has 1 saturated heterocycles. The fourth-order valence-corrected chi connectivity index (χ4v) is 2.35. The quantitative estimate of drug-likeness (QED) is 0.918. The first-order valence-electron chi connectivity index (χ1n) is 7.70. The molecule has 2 amide bonds. The maximum atomic E-state index is 13.5. The second-order valence-corrected chi connectivity index (χ2v) is 5.46. The van der Waals surface area contributed by atoms with Crippen LogP contribution in [-0.4, -0.2) is 36.4 Å². The summed E-state index contributed by atoms with van der Waals surface area (Å²) in [6.45, 7) is 1.17. The van der Waals surface area contributed by atoms with Gasteiger partial charge in [-0.05, 0) is 30.7 Å². The zero-order valence-electron chi connectivity index (χ0n) is 13.0. The molecule has 1 N–H and O–H groups in total. The Labute approximate surface area is 139 Å². The van der Waals surface area contributed by atoms with Crippen molar-refractivity contribution in [2.45, 2.75) is 6.42 Å². The number of nitrogens with one attached hydrogen (secondary N) is 1. The van der Waals surface area contributed by atoms with E-state index >= 15 is 0 Å². The van der Waals surface area contributed by atoms with Gasteiger partial charge in [0.15, 0.2) is 6.61 Å². The minimum atomic E-state index is -0.515. The number of rotatable bonds is 5. The normalized spacial score (nSPS) is 13.1. The zero-order chi connectivity index (χ0) is 16.9. The van der Waals surface area contributed by atoms with Crippen LogP contribution in [0.15, 0.2) is 48.5 Å². The molecule has 1 fully saturated rings. The lowest BCUT2D eigenvalue weighted by Gasteiger charge is -2.31. The average molecular weight is 328 g/mol. The Balaban J connectivity index is 1.63. The van der Waals surface area contributed by atoms with E-state index in [1.54, 1.807) is 41.3 Å². The van der Waals surface area contributed by atoms with Crippen molar-refractivity contribution < 1.29 is 18.7 Å². The maximum absolute atomic E-state index is 13.5. The van der Waals surface area contributed by atoms with Crippen molar-refractivity contribution in [1.29, 1.82) is 0 Å². The number of anilines is 1. The van der Waals surface area contributed by atoms with Gasteiger partial charge in [0.05, 0.1) is 11.3 Å². The van der Waals surface area contributed by atoms with Gasteiger partial charge in [-0.2, -0.15) is 0 Å². The molecule has 1 heterocycles. The zero-order valence-corrected chi connectivity index (χ0v) is 13.0. The minimum Gasteiger partial charge on any atom is -0.483 e. The number of benzene rings is 2. The summed E-state index contributed by atoms with van der Waals surface area (Å²) in [6.07, 6.45) is 1.000. The second kappa shape index (κ2) is 7.12. The van der Waals surface area contributed by atoms with Crippen LogP contribution < -0.4 is 10.1 Å². The number of para-hydroxylation sites is 2. The highest BCUT2D eigenvalue weighted by Gasteiger charge is 2.24. The number of halogens is 1. The molecule has 2 aromatic rings. The summed E-state index contributed by atoms with van der Waals surface area (Å²) in [6, 6.07) is 12.7. The molecule has 3 rings (SSSR count). The predicted octanol–water partition coefficient (Wildman–Crippen LogP) is 2.69. The minimum absolute atomic E-state index is 0.0936. The molecule has 0 bridgehead atoms. The molecule has 0 atom stereocenters. The first kappa shape index (κ1) is 16.0. The molecule has 1 aliphatic heterocycles. The van der Waals surface area contributed by atoms with Crippen LogP contribution in [0.1, 0.15) is 16.8 Å². The molecule has 6 heteroatoms. The van der Waals surface area contributed by atoms with Gasteiger partial charge in [0.1, 0.15) is 11.6 Å². The third-order valence-corrected chi connectivity index (χ3v) is 3.77. The van der Waals surface area contributed by atoms with E-state index in [9.17, 15) is 14.0 Å². The molecule has 2 aromatic carbocycles. The molecule has 24 heavy (non-hydrogen) atoms. The first-order chi connectivity index (χ1) is 11.6. The van der Waals surface area contributed by atoms with Crippen LogP contribution in [0.2, 0.25) is 0 Å². The third kappa shape index (κ3) is 3.53. The van der Waals surface area contributed by atoms with Crippen LogP contribution in [0.3, 0.4) is 0 Å². The van der Waals surface area contributed by atoms with Gasteiger partial charge in [0.25, 0.3) is 11.8 Å². The Morgan fingerprint density at radius 3 is 2.50 bits per heavy atom. The van der Waals surface area contributed by atoms with Crippen molar-refractivity contribution in [3.63, 3.8) is 0 Å². The van der Waals surface area contributed by atoms with E-state index in [0.29, 0.717) is 11.3 Å². The van der Waals surface area contributed by atoms with Crippen molar-refractivity contribution in [2.24, 2.45) is 0 Å². The standard InChI is InChI=1S/C18H17FN2O3/c19-14-7-2-3-8-15(14)20-17(22)12-24-16-9-4-1-6-13(16)18(23)21-10-5-11-21/h1-4,6-9H,5,10-12H2,(H,20,22). The second-order valence-electron chi connectivity index (χ2n) is 5.46. The van der Waals surface area contributed by atoms with E-state index in [1.165, 1.54) is 12.1 Å². The highest BCUT2D eigenvalue weighted by molar-refractivity contribution is 5.97. The smallest absolute Gasteiger partial charge is 0.262 e. The van der Waals surface area contributed by atoms with Crippen molar-refractivity contribution >= 4 is 17.5 Å². The largest absolute Gasteiger partial charge is 0.483 e. The lowest BCUT2D eigenvalue weighted by Crippen LogP contribution is -2.42. The number of ether oxygens (including phenoxy) is 1. The Morgan fingerprint density at radius 2 is 1.79 bits per heavy atom. The molecular weight excluding hydrogens is 311 g/mol. The summed E-state index contributed by atoms with van der Waals surface area (Å²) < 4.78 is 19.0. The van der Waals surface area contributed by atoms with E-state index in [-0.39, 0.29) is 18.2 Å². The van der Waals surface area contributed by atoms with Crippen LogP contribution >= 0.6 is 0 Å². The van der Waals surface area contributed by atoms with Crippen LogP contribution in [0, 0.1) is 5.82 Å². The fourth-order valence-electron chi connectivity index (χ4n) is 2.35. The number of nitrogens with zero attached hydrogens (tertiary/aromatic N) is 1. The summed E-state index contributed by atoms with van der Waals surface area (Å²) in [5, 5.41) is 2.44. The molecule has 0 spiro atoms. The number of hydrogen-bond acceptors (Lipinski definition) is 3. The van der Waals surface area contributed by atoms with E-state index in [2.05, 4.69) is 5.32 Å². The monoisotopic (exact) mass is 328 g/mol. The van der Waals surface area contributed by atoms with Crippen LogP contribution in [-0.2, 0) is 4.79 Å². The molecule has 124 valence electrons. The van der Waals surface area contributed by atoms with Crippen LogP contribution in [0.5, 0.6) is 5.75 Å². The Bertz CT molecular complexity index is 759. The summed E-state index contributed by atoms with van der Waals surface area (Å²) in [5.74, 6) is -0.769. The third-order valence-electron chi connectivity index (χ3n) is 3.77. The molecule has 1 aliphatic rings. The van der Waals surface area contributed by atoms with Crippen LogP contribution in [0.25, 0.3) is 0 Å². The van der Waals surface area contributed by atoms with Crippen molar-refractivity contribution in [1.82, 2.24) is 4.90 Å². The molecule has 0 aliphatic carbocycles. The molecule has 0 aromatic heterocycles. The van der Waals surface area contributed by atoms with E-state index < -0.39 is 11.7 Å². The number of amides is 2. The number of likely N-dealkylation sites (tertiary alicyclic amines) is 1. The summed E-state index contributed by atoms with van der Waals surface area (Å²) in [4.78, 5) is 26.0. The molecule has 0 radical (unpaired) electrons. The average Bonchev–Trinajstić information content (AvgIpc) is 2.54. The lowest BCUT2D eigenvalue weighted by atomic mass is 10.1. The molecule has 0 saturated carbocycles. The highest BCUT2D eigenvalue weighted by Crippen LogP contribution is 2.22. The number of carbonyl (C=O) groups is 2. The van der Waals surface area contributed by atoms with Gasteiger partial charge in [-0.15, -0.1) is 0 Å².